The van der Waals surface area contributed by atoms with E-state index in [1.165, 1.54) is 44.9 Å². The highest BCUT2D eigenvalue weighted by Crippen LogP contribution is 2.24. The van der Waals surface area contributed by atoms with Crippen LogP contribution in [-0.4, -0.2) is 297 Å². The Morgan fingerprint density at radius 1 is 0.340 bits per heavy atom. The largest absolute Gasteiger partial charge is 1.00 e. The van der Waals surface area contributed by atoms with Crippen LogP contribution in [0.2, 0.25) is 0 Å². The molecule has 588 valence electrons. The Bertz CT molecular complexity index is 2530. The van der Waals surface area contributed by atoms with E-state index in [9.17, 15) is 4.79 Å². The van der Waals surface area contributed by atoms with Crippen molar-refractivity contribution in [3.05, 3.63) is 95.3 Å². The number of carbonyl (C=O) groups excluding carboxylic acids is 1. The average molecular weight is 1470 g/mol. The molecule has 4 N–H and O–H groups in total. The smallest absolute Gasteiger partial charge is 0.494 e. The molecule has 0 fully saturated rings. The number of unbranched alkanes of at least 4 members (excludes halogenated alkanes) is 10. The zero-order valence-electron chi connectivity index (χ0n) is 62.5. The van der Waals surface area contributed by atoms with Crippen LogP contribution >= 0.6 is 0 Å². The average Bonchev–Trinajstić information content (AvgIpc) is 1.47. The minimum absolute atomic E-state index is 0. The summed E-state index contributed by atoms with van der Waals surface area (Å²) in [7, 11) is 3.37. The molecule has 0 unspecified atom stereocenters. The molecular weight excluding hydrogens is 1340 g/mol. The van der Waals surface area contributed by atoms with Crippen molar-refractivity contribution in [2.45, 2.75) is 122 Å². The van der Waals surface area contributed by atoms with Gasteiger partial charge in [-0.25, -0.2) is 14.0 Å². The number of aliphatic hydroxyl groups excluding tert-OH is 4. The Hall–Kier alpha value is -5.63. The Balaban J connectivity index is 0.000000690. The molecule has 0 saturated carbocycles. The van der Waals surface area contributed by atoms with E-state index in [0.717, 1.165) is 92.4 Å². The highest BCUT2D eigenvalue weighted by atomic mass is 16.7. The molecule has 0 aliphatic carbocycles. The van der Waals surface area contributed by atoms with Crippen LogP contribution in [0.4, 0.5) is 0 Å². The molecule has 0 spiro atoms. The maximum atomic E-state index is 10.5. The monoisotopic (exact) mass is 1470 g/mol. The van der Waals surface area contributed by atoms with Crippen LogP contribution in [0, 0.1) is 0 Å². The van der Waals surface area contributed by atoms with E-state index >= 15 is 0 Å². The first-order valence-electron chi connectivity index (χ1n) is 36.5. The number of methoxy groups -OCH3 is 2. The van der Waals surface area contributed by atoms with E-state index in [1.54, 1.807) is 46.6 Å². The number of aliphatic hydroxyl groups is 4. The third kappa shape index (κ3) is 53.7. The van der Waals surface area contributed by atoms with Crippen LogP contribution in [0.15, 0.2) is 67.1 Å². The molecule has 103 heavy (non-hydrogen) atoms. The summed E-state index contributed by atoms with van der Waals surface area (Å²) in [6, 6.07) is 15.1. The first-order chi connectivity index (χ1) is 50.9. The molecule has 0 aliphatic rings. The number of nitrogens with zero attached hydrogens (tertiary/aromatic N) is 9. The number of rotatable bonds is 71. The summed E-state index contributed by atoms with van der Waals surface area (Å²) in [5, 5.41) is 59.6. The molecule has 0 aliphatic heterocycles. The van der Waals surface area contributed by atoms with Crippen molar-refractivity contribution in [1.29, 1.82) is 0 Å². The molecule has 3 heterocycles. The minimum Gasteiger partial charge on any atom is -0.494 e. The second-order valence-electron chi connectivity index (χ2n) is 23.1. The molecular formula is C72H124N9O22+. The lowest BCUT2D eigenvalue weighted by Crippen LogP contribution is -2.13. The zero-order chi connectivity index (χ0) is 73.5. The van der Waals surface area contributed by atoms with Gasteiger partial charge in [0.1, 0.15) is 17.8 Å². The quantitative estimate of drug-likeness (QED) is 0.0206. The van der Waals surface area contributed by atoms with Crippen molar-refractivity contribution in [2.24, 2.45) is 0 Å². The van der Waals surface area contributed by atoms with Crippen LogP contribution < -0.4 is 9.47 Å². The molecule has 0 bridgehead atoms. The van der Waals surface area contributed by atoms with Crippen molar-refractivity contribution >= 4 is 6.29 Å². The molecule has 5 aromatic rings. The van der Waals surface area contributed by atoms with E-state index in [-0.39, 0.29) is 27.9 Å². The third-order valence-electron chi connectivity index (χ3n) is 14.6. The third-order valence-corrected chi connectivity index (χ3v) is 14.6. The second kappa shape index (κ2) is 69.4. The molecule has 3 aromatic heterocycles. The van der Waals surface area contributed by atoms with E-state index in [2.05, 4.69) is 30.9 Å². The standard InChI is InChI=1S/C42H72N6O13.C18H28O4.C12H23N3O5/c1-51-26-27-52-18-6-4-2-3-5-7-19-59-41-10-8-38(9-11-41)42(60-20-12-39-36-47(45-43-39)14-22-53-28-32-57-34-30-55-24-16-49)61-21-13-40-37-48(46-44-40)15-23-54-29-33-58-35-31-56-25-17-50;1-20-14-15-21-12-6-4-2-3-5-7-13-22-18-10-8-17(16-19)9-11-18;16-3-1-12-11-15(14-13-12)2-5-18-7-9-20-10-8-19-6-4-17/h8-11,36-37,42,49-50H,2-7,12-35H2,1H3;8-11,16H,2-7,12-15H2,1H3;11,16-17H,1-10H2/p+1. The molecule has 2 aromatic carbocycles. The van der Waals surface area contributed by atoms with Crippen LogP contribution in [-0.2, 0) is 110 Å². The fourth-order valence-electron chi connectivity index (χ4n) is 9.14. The lowest BCUT2D eigenvalue weighted by Gasteiger charge is -2.19. The fraction of sp³-hybridized carbons (Fsp3) is 0.736. The molecule has 0 saturated heterocycles. The zero-order valence-corrected chi connectivity index (χ0v) is 61.5. The number of aldehydes is 1. The van der Waals surface area contributed by atoms with E-state index in [4.69, 9.17) is 101 Å². The first-order valence-corrected chi connectivity index (χ1v) is 36.5. The summed E-state index contributed by atoms with van der Waals surface area (Å²) >= 11 is 0. The van der Waals surface area contributed by atoms with Crippen molar-refractivity contribution in [3.8, 4) is 11.5 Å². The summed E-state index contributed by atoms with van der Waals surface area (Å²) in [6.07, 6.45) is 21.3. The Morgan fingerprint density at radius 2 is 0.641 bits per heavy atom. The predicted octanol–water partition coefficient (Wildman–Crippen LogP) is 5.70. The Kier molecular flexibility index (Phi) is 61.7. The van der Waals surface area contributed by atoms with E-state index < -0.39 is 6.29 Å². The van der Waals surface area contributed by atoms with Gasteiger partial charge in [0.2, 0.25) is 0 Å². The van der Waals surface area contributed by atoms with Gasteiger partial charge in [-0.3, -0.25) is 4.79 Å². The summed E-state index contributed by atoms with van der Waals surface area (Å²) < 4.78 is 98.5. The SMILES string of the molecule is COCCOCCCCCCCCOc1ccc(C(OCCc2cn(CCOCCOCCOCCO)nn2)OCCc2cn(CCOCCOCCOCCO)nn2)cc1.COCCOCCCCCCCCOc1ccc(C=O)cc1.OCCOCCOCCOCCn1cc(CCO)nn1.[H+]. The minimum atomic E-state index is -0.613. The van der Waals surface area contributed by atoms with Gasteiger partial charge in [0, 0.05) is 83.0 Å². The van der Waals surface area contributed by atoms with Crippen molar-refractivity contribution < 1.29 is 107 Å². The van der Waals surface area contributed by atoms with Gasteiger partial charge in [-0.2, -0.15) is 0 Å². The number of hydrogen-bond donors (Lipinski definition) is 4. The number of carbonyl (C=O) groups is 1. The number of ether oxygens (including phenoxy) is 17. The number of benzene rings is 2. The highest BCUT2D eigenvalue weighted by molar-refractivity contribution is 5.74. The lowest BCUT2D eigenvalue weighted by atomic mass is 10.1. The summed E-state index contributed by atoms with van der Waals surface area (Å²) in [5.74, 6) is 1.64. The second-order valence-corrected chi connectivity index (χ2v) is 23.1. The Labute approximate surface area is 611 Å². The molecule has 31 heteroatoms. The van der Waals surface area contributed by atoms with Crippen LogP contribution in [0.1, 0.15) is 118 Å². The van der Waals surface area contributed by atoms with Gasteiger partial charge < -0.3 is 101 Å². The van der Waals surface area contributed by atoms with E-state index in [1.807, 2.05) is 48.8 Å². The fourth-order valence-corrected chi connectivity index (χ4v) is 9.14. The molecule has 0 radical (unpaired) electrons. The summed E-state index contributed by atoms with van der Waals surface area (Å²) in [4.78, 5) is 10.5. The van der Waals surface area contributed by atoms with Crippen molar-refractivity contribution in [1.82, 2.24) is 45.0 Å². The number of aromatic nitrogens is 9. The van der Waals surface area contributed by atoms with Gasteiger partial charge in [-0.05, 0) is 62.1 Å². The Morgan fingerprint density at radius 3 is 0.981 bits per heavy atom. The molecule has 31 nitrogen and oxygen atoms in total. The summed E-state index contributed by atoms with van der Waals surface area (Å²) in [5.41, 5.74) is 3.94. The van der Waals surface area contributed by atoms with Gasteiger partial charge in [0.25, 0.3) is 0 Å². The van der Waals surface area contributed by atoms with Gasteiger partial charge >= 0.3 is 1.43 Å². The van der Waals surface area contributed by atoms with Gasteiger partial charge in [0.05, 0.1) is 228 Å². The van der Waals surface area contributed by atoms with E-state index in [0.29, 0.717) is 210 Å². The maximum Gasteiger partial charge on any atom is 1.00 e. The van der Waals surface area contributed by atoms with Crippen LogP contribution in [0.3, 0.4) is 0 Å². The van der Waals surface area contributed by atoms with Gasteiger partial charge in [0.15, 0.2) is 6.29 Å². The lowest BCUT2D eigenvalue weighted by molar-refractivity contribution is -0.145. The molecule has 0 atom stereocenters. The van der Waals surface area contributed by atoms with Crippen molar-refractivity contribution in [2.75, 3.05) is 226 Å². The van der Waals surface area contributed by atoms with Gasteiger partial charge in [-0.1, -0.05) is 79.1 Å². The first kappa shape index (κ1) is 91.6. The topological polar surface area (TPSA) is 347 Å². The number of hydrogen-bond acceptors (Lipinski definition) is 28. The molecule has 0 amide bonds. The highest BCUT2D eigenvalue weighted by Gasteiger charge is 2.16. The maximum absolute atomic E-state index is 10.5. The van der Waals surface area contributed by atoms with Crippen LogP contribution in [0.25, 0.3) is 0 Å². The molecule has 5 rings (SSSR count). The normalized spacial score (nSPS) is 11.3. The predicted molar refractivity (Wildman–Crippen MR) is 383 cm³/mol. The van der Waals surface area contributed by atoms with Gasteiger partial charge in [-0.15, -0.1) is 15.3 Å². The van der Waals surface area contributed by atoms with Crippen molar-refractivity contribution in [3.63, 3.8) is 0 Å². The summed E-state index contributed by atoms with van der Waals surface area (Å²) in [6.45, 7) is 16.5. The van der Waals surface area contributed by atoms with Crippen LogP contribution in [0.5, 0.6) is 11.5 Å².